The highest BCUT2D eigenvalue weighted by molar-refractivity contribution is 6.30. The molecule has 0 heterocycles. The van der Waals surface area contributed by atoms with Crippen molar-refractivity contribution in [3.05, 3.63) is 70.2 Å². The SMILES string of the molecule is Cc1cccc(C(=O)NCC(=O)OCC(=O)NCCc2cccc(Cl)c2)c1. The van der Waals surface area contributed by atoms with Crippen molar-refractivity contribution in [2.24, 2.45) is 0 Å². The summed E-state index contributed by atoms with van der Waals surface area (Å²) >= 11 is 5.89. The lowest BCUT2D eigenvalue weighted by molar-refractivity contribution is -0.147. The molecule has 0 unspecified atom stereocenters. The Morgan fingerprint density at radius 1 is 1.04 bits per heavy atom. The van der Waals surface area contributed by atoms with E-state index in [0.29, 0.717) is 23.6 Å². The lowest BCUT2D eigenvalue weighted by atomic mass is 10.1. The van der Waals surface area contributed by atoms with Gasteiger partial charge in [-0.25, -0.2) is 0 Å². The van der Waals surface area contributed by atoms with E-state index in [9.17, 15) is 14.4 Å². The van der Waals surface area contributed by atoms with Gasteiger partial charge in [-0.05, 0) is 43.2 Å². The van der Waals surface area contributed by atoms with Crippen molar-refractivity contribution in [1.29, 1.82) is 0 Å². The molecule has 2 aromatic rings. The Bertz CT molecular complexity index is 823. The summed E-state index contributed by atoms with van der Waals surface area (Å²) in [5.74, 6) is -1.46. The Labute approximate surface area is 162 Å². The molecule has 0 aromatic heterocycles. The Morgan fingerprint density at radius 3 is 2.56 bits per heavy atom. The zero-order chi connectivity index (χ0) is 19.6. The number of halogens is 1. The summed E-state index contributed by atoms with van der Waals surface area (Å²) in [6, 6.07) is 14.4. The number of amides is 2. The average Bonchev–Trinajstić information content (AvgIpc) is 2.64. The average molecular weight is 389 g/mol. The lowest BCUT2D eigenvalue weighted by Gasteiger charge is -2.08. The molecule has 0 aliphatic rings. The number of hydrogen-bond donors (Lipinski definition) is 2. The summed E-state index contributed by atoms with van der Waals surface area (Å²) in [6.07, 6.45) is 0.618. The number of ether oxygens (including phenoxy) is 1. The van der Waals surface area contributed by atoms with Crippen LogP contribution in [0, 0.1) is 6.92 Å². The summed E-state index contributed by atoms with van der Waals surface area (Å²) in [6.45, 7) is 1.58. The number of rotatable bonds is 8. The van der Waals surface area contributed by atoms with Crippen molar-refractivity contribution in [2.75, 3.05) is 19.7 Å². The van der Waals surface area contributed by atoms with Crippen molar-refractivity contribution in [3.63, 3.8) is 0 Å². The third-order valence-electron chi connectivity index (χ3n) is 3.66. The summed E-state index contributed by atoms with van der Waals surface area (Å²) in [5.41, 5.74) is 2.40. The van der Waals surface area contributed by atoms with Crippen LogP contribution in [0.4, 0.5) is 0 Å². The second kappa shape index (κ2) is 10.3. The minimum absolute atomic E-state index is 0.303. The first-order chi connectivity index (χ1) is 12.9. The van der Waals surface area contributed by atoms with Crippen LogP contribution in [0.15, 0.2) is 48.5 Å². The predicted octanol–water partition coefficient (Wildman–Crippen LogP) is 2.28. The number of carbonyl (C=O) groups is 3. The van der Waals surface area contributed by atoms with E-state index in [2.05, 4.69) is 10.6 Å². The summed E-state index contributed by atoms with van der Waals surface area (Å²) in [5, 5.41) is 5.76. The van der Waals surface area contributed by atoms with Crippen LogP contribution < -0.4 is 10.6 Å². The Balaban J connectivity index is 1.63. The molecular formula is C20H21ClN2O4. The fourth-order valence-electron chi connectivity index (χ4n) is 2.33. The summed E-state index contributed by atoms with van der Waals surface area (Å²) in [4.78, 5) is 35.3. The van der Waals surface area contributed by atoms with Crippen molar-refractivity contribution in [3.8, 4) is 0 Å². The molecule has 6 nitrogen and oxygen atoms in total. The van der Waals surface area contributed by atoms with Gasteiger partial charge in [-0.3, -0.25) is 14.4 Å². The van der Waals surface area contributed by atoms with E-state index < -0.39 is 18.5 Å². The molecular weight excluding hydrogens is 368 g/mol. The van der Waals surface area contributed by atoms with Gasteiger partial charge >= 0.3 is 5.97 Å². The Hall–Kier alpha value is -2.86. The molecule has 7 heteroatoms. The van der Waals surface area contributed by atoms with Crippen molar-refractivity contribution < 1.29 is 19.1 Å². The van der Waals surface area contributed by atoms with Crippen molar-refractivity contribution in [1.82, 2.24) is 10.6 Å². The molecule has 2 rings (SSSR count). The van der Waals surface area contributed by atoms with Gasteiger partial charge in [0.25, 0.3) is 11.8 Å². The molecule has 142 valence electrons. The van der Waals surface area contributed by atoms with E-state index >= 15 is 0 Å². The normalized spacial score (nSPS) is 10.1. The molecule has 0 bridgehead atoms. The maximum absolute atomic E-state index is 11.9. The minimum atomic E-state index is -0.680. The second-order valence-corrected chi connectivity index (χ2v) is 6.38. The molecule has 0 aliphatic heterocycles. The fourth-order valence-corrected chi connectivity index (χ4v) is 2.54. The molecule has 2 amide bonds. The van der Waals surface area contributed by atoms with E-state index in [1.807, 2.05) is 31.2 Å². The molecule has 0 saturated heterocycles. The zero-order valence-electron chi connectivity index (χ0n) is 15.0. The first kappa shape index (κ1) is 20.5. The van der Waals surface area contributed by atoms with E-state index in [1.165, 1.54) is 0 Å². The Kier molecular flexibility index (Phi) is 7.82. The van der Waals surface area contributed by atoms with Gasteiger partial charge in [0.15, 0.2) is 6.61 Å². The number of hydrogen-bond acceptors (Lipinski definition) is 4. The van der Waals surface area contributed by atoms with Crippen LogP contribution in [0.3, 0.4) is 0 Å². The zero-order valence-corrected chi connectivity index (χ0v) is 15.7. The number of esters is 1. The molecule has 0 spiro atoms. The molecule has 0 radical (unpaired) electrons. The van der Waals surface area contributed by atoms with E-state index in [-0.39, 0.29) is 12.5 Å². The van der Waals surface area contributed by atoms with Crippen LogP contribution in [0.2, 0.25) is 5.02 Å². The quantitative estimate of drug-likeness (QED) is 0.679. The van der Waals surface area contributed by atoms with Crippen LogP contribution in [-0.2, 0) is 20.7 Å². The van der Waals surface area contributed by atoms with Crippen molar-refractivity contribution >= 4 is 29.4 Å². The van der Waals surface area contributed by atoms with Gasteiger partial charge in [0.05, 0.1) is 0 Å². The molecule has 2 aromatic carbocycles. The molecule has 0 atom stereocenters. The first-order valence-electron chi connectivity index (χ1n) is 8.45. The fraction of sp³-hybridized carbons (Fsp3) is 0.250. The van der Waals surface area contributed by atoms with Crippen LogP contribution in [-0.4, -0.2) is 37.5 Å². The smallest absolute Gasteiger partial charge is 0.325 e. The largest absolute Gasteiger partial charge is 0.454 e. The predicted molar refractivity (Wildman–Crippen MR) is 103 cm³/mol. The monoisotopic (exact) mass is 388 g/mol. The second-order valence-electron chi connectivity index (χ2n) is 5.94. The van der Waals surface area contributed by atoms with E-state index in [1.54, 1.807) is 24.3 Å². The Morgan fingerprint density at radius 2 is 1.81 bits per heavy atom. The molecule has 0 fully saturated rings. The molecule has 0 aliphatic carbocycles. The first-order valence-corrected chi connectivity index (χ1v) is 8.83. The van der Waals surface area contributed by atoms with Crippen LogP contribution in [0.25, 0.3) is 0 Å². The highest BCUT2D eigenvalue weighted by Gasteiger charge is 2.10. The topological polar surface area (TPSA) is 84.5 Å². The van der Waals surface area contributed by atoms with Gasteiger partial charge in [0.2, 0.25) is 0 Å². The number of aryl methyl sites for hydroxylation is 1. The van der Waals surface area contributed by atoms with Crippen molar-refractivity contribution in [2.45, 2.75) is 13.3 Å². The van der Waals surface area contributed by atoms with Crippen LogP contribution in [0.5, 0.6) is 0 Å². The lowest BCUT2D eigenvalue weighted by Crippen LogP contribution is -2.34. The minimum Gasteiger partial charge on any atom is -0.454 e. The van der Waals surface area contributed by atoms with Gasteiger partial charge in [-0.2, -0.15) is 0 Å². The van der Waals surface area contributed by atoms with Crippen LogP contribution >= 0.6 is 11.6 Å². The third-order valence-corrected chi connectivity index (χ3v) is 3.90. The van der Waals surface area contributed by atoms with Gasteiger partial charge in [0, 0.05) is 17.1 Å². The van der Waals surface area contributed by atoms with Gasteiger partial charge in [0.1, 0.15) is 6.54 Å². The molecule has 0 saturated carbocycles. The number of carbonyl (C=O) groups excluding carboxylic acids is 3. The standard InChI is InChI=1S/C20H21ClN2O4/c1-14-4-2-6-16(10-14)20(26)23-12-19(25)27-13-18(24)22-9-8-15-5-3-7-17(21)11-15/h2-7,10-11H,8-9,12-13H2,1H3,(H,22,24)(H,23,26). The van der Waals surface area contributed by atoms with Gasteiger partial charge < -0.3 is 15.4 Å². The molecule has 2 N–H and O–H groups in total. The molecule has 27 heavy (non-hydrogen) atoms. The van der Waals surface area contributed by atoms with Gasteiger partial charge in [-0.15, -0.1) is 0 Å². The maximum Gasteiger partial charge on any atom is 0.325 e. The van der Waals surface area contributed by atoms with E-state index in [0.717, 1.165) is 11.1 Å². The number of nitrogens with one attached hydrogen (secondary N) is 2. The number of benzene rings is 2. The highest BCUT2D eigenvalue weighted by atomic mass is 35.5. The van der Waals surface area contributed by atoms with Crippen LogP contribution in [0.1, 0.15) is 21.5 Å². The van der Waals surface area contributed by atoms with Gasteiger partial charge in [-0.1, -0.05) is 41.4 Å². The maximum atomic E-state index is 11.9. The summed E-state index contributed by atoms with van der Waals surface area (Å²) in [7, 11) is 0. The summed E-state index contributed by atoms with van der Waals surface area (Å²) < 4.78 is 4.85. The highest BCUT2D eigenvalue weighted by Crippen LogP contribution is 2.10. The third kappa shape index (κ3) is 7.50. The van der Waals surface area contributed by atoms with E-state index in [4.69, 9.17) is 16.3 Å².